The Hall–Kier alpha value is -1.15. The van der Waals surface area contributed by atoms with Crippen LogP contribution < -0.4 is 0 Å². The minimum Gasteiger partial charge on any atom is -0.206 e. The van der Waals surface area contributed by atoms with Crippen molar-refractivity contribution in [1.82, 2.24) is 0 Å². The van der Waals surface area contributed by atoms with Gasteiger partial charge in [0.1, 0.15) is 5.82 Å². The topological polar surface area (TPSA) is 0 Å². The van der Waals surface area contributed by atoms with Gasteiger partial charge in [0.15, 0.2) is 0 Å². The van der Waals surface area contributed by atoms with E-state index < -0.39 is 0 Å². The van der Waals surface area contributed by atoms with E-state index in [0.29, 0.717) is 11.5 Å². The van der Waals surface area contributed by atoms with Gasteiger partial charge in [-0.05, 0) is 66.8 Å². The van der Waals surface area contributed by atoms with Gasteiger partial charge in [0.25, 0.3) is 0 Å². The van der Waals surface area contributed by atoms with Crippen LogP contribution in [0.25, 0.3) is 11.1 Å². The van der Waals surface area contributed by atoms with Gasteiger partial charge in [-0.3, -0.25) is 0 Å². The lowest BCUT2D eigenvalue weighted by molar-refractivity contribution is 0.308. The Morgan fingerprint density at radius 3 is 2.30 bits per heavy atom. The van der Waals surface area contributed by atoms with Crippen LogP contribution in [0.15, 0.2) is 46.9 Å². The molecule has 3 rings (SSSR count). The van der Waals surface area contributed by atoms with Crippen LogP contribution in [-0.2, 0) is 0 Å². The molecule has 0 N–H and O–H groups in total. The standard InChI is InChI=1S/C21H24BrF/c1-2-3-15-4-6-16(7-5-15)18-10-13-20(21(23)14-18)17-8-11-19(22)12-9-17/h8-16H,2-7H2,1H3/t15-,16-. The molecular weight excluding hydrogens is 351 g/mol. The SMILES string of the molecule is CCC[C@H]1CC[C@H](c2ccc(-c3ccc(Br)cc3)c(F)c2)CC1. The first kappa shape index (κ1) is 16.7. The summed E-state index contributed by atoms with van der Waals surface area (Å²) in [5, 5.41) is 0. The highest BCUT2D eigenvalue weighted by Crippen LogP contribution is 2.38. The minimum atomic E-state index is -0.0968. The Balaban J connectivity index is 1.74. The molecule has 0 aliphatic heterocycles. The molecule has 0 amide bonds. The Morgan fingerprint density at radius 2 is 1.70 bits per heavy atom. The van der Waals surface area contributed by atoms with Crippen molar-refractivity contribution >= 4 is 15.9 Å². The number of halogens is 2. The number of hydrogen-bond acceptors (Lipinski definition) is 0. The Morgan fingerprint density at radius 1 is 1.00 bits per heavy atom. The fraction of sp³-hybridized carbons (Fsp3) is 0.429. The largest absolute Gasteiger partial charge is 0.206 e. The molecule has 0 saturated heterocycles. The van der Waals surface area contributed by atoms with Crippen LogP contribution in [0.5, 0.6) is 0 Å². The highest BCUT2D eigenvalue weighted by Gasteiger charge is 2.22. The summed E-state index contributed by atoms with van der Waals surface area (Å²) in [5.74, 6) is 1.33. The molecule has 0 nitrogen and oxygen atoms in total. The fourth-order valence-corrected chi connectivity index (χ4v) is 4.11. The average Bonchev–Trinajstić information content (AvgIpc) is 2.57. The van der Waals surface area contributed by atoms with Crippen LogP contribution in [0.1, 0.15) is 56.9 Å². The van der Waals surface area contributed by atoms with Crippen molar-refractivity contribution in [1.29, 1.82) is 0 Å². The molecule has 0 aromatic heterocycles. The lowest BCUT2D eigenvalue weighted by Gasteiger charge is -2.28. The molecule has 1 fully saturated rings. The summed E-state index contributed by atoms with van der Waals surface area (Å²) in [4.78, 5) is 0. The van der Waals surface area contributed by atoms with E-state index in [4.69, 9.17) is 0 Å². The van der Waals surface area contributed by atoms with E-state index in [1.165, 1.54) is 44.1 Å². The third kappa shape index (κ3) is 4.03. The van der Waals surface area contributed by atoms with Gasteiger partial charge in [0.2, 0.25) is 0 Å². The summed E-state index contributed by atoms with van der Waals surface area (Å²) in [6.07, 6.45) is 7.65. The normalized spacial score (nSPS) is 21.3. The van der Waals surface area contributed by atoms with Crippen molar-refractivity contribution in [2.45, 2.75) is 51.4 Å². The third-order valence-corrected chi connectivity index (χ3v) is 5.69. The zero-order valence-electron chi connectivity index (χ0n) is 13.7. The maximum Gasteiger partial charge on any atom is 0.131 e. The second-order valence-electron chi connectivity index (χ2n) is 6.75. The molecule has 0 spiro atoms. The quantitative estimate of drug-likeness (QED) is 0.525. The molecule has 0 bridgehead atoms. The summed E-state index contributed by atoms with van der Waals surface area (Å²) in [6, 6.07) is 13.7. The van der Waals surface area contributed by atoms with E-state index in [2.05, 4.69) is 28.9 Å². The van der Waals surface area contributed by atoms with Crippen LogP contribution in [0.3, 0.4) is 0 Å². The van der Waals surface area contributed by atoms with E-state index in [1.807, 2.05) is 30.3 Å². The van der Waals surface area contributed by atoms with Crippen molar-refractivity contribution in [3.8, 4) is 11.1 Å². The maximum atomic E-state index is 14.6. The van der Waals surface area contributed by atoms with E-state index in [9.17, 15) is 4.39 Å². The van der Waals surface area contributed by atoms with Gasteiger partial charge >= 0.3 is 0 Å². The molecule has 0 unspecified atom stereocenters. The van der Waals surface area contributed by atoms with Crippen molar-refractivity contribution in [2.75, 3.05) is 0 Å². The maximum absolute atomic E-state index is 14.6. The predicted molar refractivity (Wildman–Crippen MR) is 99.1 cm³/mol. The Bertz CT molecular complexity index is 639. The highest BCUT2D eigenvalue weighted by atomic mass is 79.9. The van der Waals surface area contributed by atoms with E-state index in [0.717, 1.165) is 16.0 Å². The van der Waals surface area contributed by atoms with Gasteiger partial charge in [0, 0.05) is 10.0 Å². The molecule has 2 heteroatoms. The lowest BCUT2D eigenvalue weighted by atomic mass is 9.77. The first-order chi connectivity index (χ1) is 11.2. The second-order valence-corrected chi connectivity index (χ2v) is 7.67. The zero-order chi connectivity index (χ0) is 16.2. The van der Waals surface area contributed by atoms with E-state index in [1.54, 1.807) is 6.07 Å². The molecule has 1 aliphatic carbocycles. The van der Waals surface area contributed by atoms with Crippen molar-refractivity contribution < 1.29 is 4.39 Å². The van der Waals surface area contributed by atoms with Crippen LogP contribution >= 0.6 is 15.9 Å². The van der Waals surface area contributed by atoms with Gasteiger partial charge in [-0.1, -0.05) is 60.0 Å². The van der Waals surface area contributed by atoms with E-state index >= 15 is 0 Å². The van der Waals surface area contributed by atoms with Gasteiger partial charge < -0.3 is 0 Å². The minimum absolute atomic E-state index is 0.0968. The summed E-state index contributed by atoms with van der Waals surface area (Å²) < 4.78 is 15.6. The number of hydrogen-bond donors (Lipinski definition) is 0. The first-order valence-corrected chi connectivity index (χ1v) is 9.52. The molecule has 0 heterocycles. The Labute approximate surface area is 147 Å². The molecule has 23 heavy (non-hydrogen) atoms. The van der Waals surface area contributed by atoms with Crippen LogP contribution in [0.4, 0.5) is 4.39 Å². The highest BCUT2D eigenvalue weighted by molar-refractivity contribution is 9.10. The molecule has 0 radical (unpaired) electrons. The van der Waals surface area contributed by atoms with Gasteiger partial charge in [-0.2, -0.15) is 0 Å². The molecule has 2 aromatic rings. The molecule has 2 aromatic carbocycles. The predicted octanol–water partition coefficient (Wildman–Crippen LogP) is 7.33. The van der Waals surface area contributed by atoms with Crippen molar-refractivity contribution in [2.24, 2.45) is 5.92 Å². The van der Waals surface area contributed by atoms with Gasteiger partial charge in [-0.25, -0.2) is 4.39 Å². The van der Waals surface area contributed by atoms with Gasteiger partial charge in [-0.15, -0.1) is 0 Å². The number of rotatable bonds is 4. The molecule has 122 valence electrons. The molecule has 1 saturated carbocycles. The first-order valence-electron chi connectivity index (χ1n) is 8.72. The number of benzene rings is 2. The van der Waals surface area contributed by atoms with Crippen LogP contribution in [-0.4, -0.2) is 0 Å². The summed E-state index contributed by atoms with van der Waals surface area (Å²) in [6.45, 7) is 2.27. The Kier molecular flexibility index (Phi) is 5.53. The summed E-state index contributed by atoms with van der Waals surface area (Å²) in [5.41, 5.74) is 2.81. The molecule has 1 aliphatic rings. The molecular formula is C21H24BrF. The molecule has 0 atom stereocenters. The third-order valence-electron chi connectivity index (χ3n) is 5.16. The lowest BCUT2D eigenvalue weighted by Crippen LogP contribution is -2.13. The smallest absolute Gasteiger partial charge is 0.131 e. The second kappa shape index (κ2) is 7.61. The monoisotopic (exact) mass is 374 g/mol. The summed E-state index contributed by atoms with van der Waals surface area (Å²) >= 11 is 3.42. The summed E-state index contributed by atoms with van der Waals surface area (Å²) in [7, 11) is 0. The average molecular weight is 375 g/mol. The van der Waals surface area contributed by atoms with Crippen molar-refractivity contribution in [3.63, 3.8) is 0 Å². The van der Waals surface area contributed by atoms with E-state index in [-0.39, 0.29) is 5.82 Å². The zero-order valence-corrected chi connectivity index (χ0v) is 15.3. The fourth-order valence-electron chi connectivity index (χ4n) is 3.84. The van der Waals surface area contributed by atoms with Crippen molar-refractivity contribution in [3.05, 3.63) is 58.3 Å². The van der Waals surface area contributed by atoms with Crippen LogP contribution in [0, 0.1) is 11.7 Å². The van der Waals surface area contributed by atoms with Crippen LogP contribution in [0.2, 0.25) is 0 Å². The van der Waals surface area contributed by atoms with Gasteiger partial charge in [0.05, 0.1) is 0 Å².